The van der Waals surface area contributed by atoms with E-state index in [4.69, 9.17) is 4.74 Å². The van der Waals surface area contributed by atoms with Crippen molar-refractivity contribution in [3.8, 4) is 17.1 Å². The number of sulfonamides is 1. The lowest BCUT2D eigenvalue weighted by atomic mass is 10.00. The molecule has 11 heteroatoms. The van der Waals surface area contributed by atoms with E-state index in [0.717, 1.165) is 16.7 Å². The summed E-state index contributed by atoms with van der Waals surface area (Å²) in [5.74, 6) is -0.103. The molecule has 42 heavy (non-hydrogen) atoms. The van der Waals surface area contributed by atoms with Crippen LogP contribution >= 0.6 is 12.4 Å². The van der Waals surface area contributed by atoms with Gasteiger partial charge in [-0.3, -0.25) is 9.69 Å². The van der Waals surface area contributed by atoms with Crippen LogP contribution in [0.1, 0.15) is 27.0 Å². The van der Waals surface area contributed by atoms with Crippen molar-refractivity contribution in [1.82, 2.24) is 19.8 Å². The van der Waals surface area contributed by atoms with Crippen LogP contribution in [0.5, 0.6) is 5.88 Å². The number of hydrogen-bond acceptors (Lipinski definition) is 7. The van der Waals surface area contributed by atoms with Crippen molar-refractivity contribution < 1.29 is 17.9 Å². The van der Waals surface area contributed by atoms with Crippen LogP contribution in [0.15, 0.2) is 83.8 Å². The maximum Gasteiger partial charge on any atom is 0.264 e. The van der Waals surface area contributed by atoms with E-state index >= 15 is 0 Å². The highest BCUT2D eigenvalue weighted by Crippen LogP contribution is 2.30. The summed E-state index contributed by atoms with van der Waals surface area (Å²) < 4.78 is 35.8. The van der Waals surface area contributed by atoms with Crippen molar-refractivity contribution in [1.29, 1.82) is 0 Å². The minimum Gasteiger partial charge on any atom is -0.471 e. The molecule has 6 rings (SSSR count). The van der Waals surface area contributed by atoms with Gasteiger partial charge in [0.1, 0.15) is 6.10 Å². The summed E-state index contributed by atoms with van der Waals surface area (Å²) in [7, 11) is -4.08. The normalized spacial score (nSPS) is 18.2. The Kier molecular flexibility index (Phi) is 8.49. The molecule has 9 nitrogen and oxygen atoms in total. The topological polar surface area (TPSA) is 105 Å². The van der Waals surface area contributed by atoms with Crippen LogP contribution in [0.3, 0.4) is 0 Å². The largest absolute Gasteiger partial charge is 0.471 e. The molecule has 6 bridgehead atoms. The first-order valence-electron chi connectivity index (χ1n) is 13.6. The lowest BCUT2D eigenvalue weighted by molar-refractivity contribution is 0.0690. The fraction of sp³-hybridized carbons (Fsp3) is 0.258. The van der Waals surface area contributed by atoms with Crippen molar-refractivity contribution in [2.45, 2.75) is 31.4 Å². The zero-order chi connectivity index (χ0) is 28.6. The van der Waals surface area contributed by atoms with Gasteiger partial charge in [-0.1, -0.05) is 54.6 Å². The van der Waals surface area contributed by atoms with E-state index < -0.39 is 16.1 Å². The van der Waals surface area contributed by atoms with Gasteiger partial charge in [-0.25, -0.2) is 18.1 Å². The molecular formula is C31H32ClN5O4S. The van der Waals surface area contributed by atoms with E-state index in [1.165, 1.54) is 17.7 Å². The second-order valence-electron chi connectivity index (χ2n) is 10.5. The summed E-state index contributed by atoms with van der Waals surface area (Å²) in [4.78, 5) is 26.7. The molecule has 2 aliphatic rings. The highest BCUT2D eigenvalue weighted by atomic mass is 35.5. The molecule has 1 aromatic heterocycles. The van der Waals surface area contributed by atoms with E-state index in [9.17, 15) is 13.2 Å². The number of fused-ring (bicyclic) bond motifs is 6. The smallest absolute Gasteiger partial charge is 0.264 e. The second-order valence-corrected chi connectivity index (χ2v) is 12.2. The number of carbonyl (C=O) groups excluding carboxylic acids is 1. The first-order chi connectivity index (χ1) is 19.7. The molecule has 0 saturated carbocycles. The number of ether oxygens (including phenoxy) is 1. The van der Waals surface area contributed by atoms with E-state index in [1.54, 1.807) is 23.1 Å². The molecule has 3 aromatic carbocycles. The Morgan fingerprint density at radius 1 is 0.905 bits per heavy atom. The molecule has 1 saturated heterocycles. The van der Waals surface area contributed by atoms with Crippen molar-refractivity contribution in [2.75, 3.05) is 30.9 Å². The Hall–Kier alpha value is -3.99. The number of aromatic nitrogens is 2. The standard InChI is InChI=1S/C31H31N5O4S.ClH/c1-21-8-6-9-22(2)29(21)27-17-28-33-31(32-27)34-41(38,39)26-13-7-12-24(16-26)30(37)36-15-14-35(19-25(20-36)40-28)18-23-10-4-3-5-11-23;/h3-13,16-17,25H,14-15,18-20H2,1-2H3,(H,32,33,34);1H/t25-;/m1./s1. The number of halogens is 1. The minimum absolute atomic E-state index is 0. The fourth-order valence-electron chi connectivity index (χ4n) is 5.49. The molecule has 0 unspecified atom stereocenters. The highest BCUT2D eigenvalue weighted by molar-refractivity contribution is 7.92. The maximum absolute atomic E-state index is 13.7. The van der Waals surface area contributed by atoms with Crippen LogP contribution < -0.4 is 9.46 Å². The molecule has 1 N–H and O–H groups in total. The molecular weight excluding hydrogens is 574 g/mol. The van der Waals surface area contributed by atoms with E-state index in [0.29, 0.717) is 44.0 Å². The van der Waals surface area contributed by atoms with Crippen molar-refractivity contribution in [3.05, 3.63) is 101 Å². The summed E-state index contributed by atoms with van der Waals surface area (Å²) in [5.41, 5.74) is 4.89. The molecule has 3 heterocycles. The van der Waals surface area contributed by atoms with Gasteiger partial charge in [-0.15, -0.1) is 12.4 Å². The molecule has 1 atom stereocenters. The van der Waals surface area contributed by atoms with Gasteiger partial charge in [0, 0.05) is 43.4 Å². The second kappa shape index (κ2) is 12.1. The molecule has 2 aliphatic heterocycles. The van der Waals surface area contributed by atoms with Crippen LogP contribution in [-0.4, -0.2) is 66.4 Å². The van der Waals surface area contributed by atoms with Gasteiger partial charge >= 0.3 is 0 Å². The van der Waals surface area contributed by atoms with Gasteiger partial charge in [0.2, 0.25) is 11.8 Å². The Morgan fingerprint density at radius 2 is 1.64 bits per heavy atom. The summed E-state index contributed by atoms with van der Waals surface area (Å²) in [6, 6.07) is 23.9. The Balaban J connectivity index is 0.00000353. The molecule has 218 valence electrons. The number of rotatable bonds is 3. The molecule has 1 fully saturated rings. The number of benzene rings is 3. The Morgan fingerprint density at radius 3 is 2.40 bits per heavy atom. The van der Waals surface area contributed by atoms with Crippen LogP contribution in [-0.2, 0) is 16.6 Å². The molecule has 1 amide bonds. The van der Waals surface area contributed by atoms with Crippen LogP contribution in [0.25, 0.3) is 11.3 Å². The maximum atomic E-state index is 13.7. The summed E-state index contributed by atoms with van der Waals surface area (Å²) >= 11 is 0. The van der Waals surface area contributed by atoms with E-state index in [1.807, 2.05) is 50.2 Å². The monoisotopic (exact) mass is 605 g/mol. The number of nitrogens with one attached hydrogen (secondary N) is 1. The number of amides is 1. The predicted molar refractivity (Wildman–Crippen MR) is 163 cm³/mol. The third-order valence-corrected chi connectivity index (χ3v) is 8.78. The summed E-state index contributed by atoms with van der Waals surface area (Å²) in [6.07, 6.45) is -0.417. The van der Waals surface area contributed by atoms with Gasteiger partial charge < -0.3 is 9.64 Å². The quantitative estimate of drug-likeness (QED) is 0.361. The third-order valence-electron chi connectivity index (χ3n) is 7.45. The van der Waals surface area contributed by atoms with Gasteiger partial charge in [-0.05, 0) is 48.7 Å². The van der Waals surface area contributed by atoms with E-state index in [-0.39, 0.29) is 35.0 Å². The summed E-state index contributed by atoms with van der Waals surface area (Å²) in [5, 5.41) is 0. The SMILES string of the molecule is Cc1cccc(C)c1-c1cc2nc(n1)NS(=O)(=O)c1cccc(c1)C(=O)N1CCN(Cc3ccccc3)C[C@H](C1)O2.Cl. The number of hydrogen-bond donors (Lipinski definition) is 1. The predicted octanol–water partition coefficient (Wildman–Crippen LogP) is 4.70. The van der Waals surface area contributed by atoms with Crippen molar-refractivity contribution in [3.63, 3.8) is 0 Å². The average molecular weight is 606 g/mol. The van der Waals surface area contributed by atoms with Crippen molar-refractivity contribution >= 4 is 34.3 Å². The van der Waals surface area contributed by atoms with Crippen LogP contribution in [0.4, 0.5) is 5.95 Å². The molecule has 0 aliphatic carbocycles. The zero-order valence-corrected chi connectivity index (χ0v) is 25.0. The number of carbonyl (C=O) groups is 1. The van der Waals surface area contributed by atoms with Crippen LogP contribution in [0, 0.1) is 13.8 Å². The lowest BCUT2D eigenvalue weighted by Crippen LogP contribution is -2.40. The zero-order valence-electron chi connectivity index (χ0n) is 23.4. The average Bonchev–Trinajstić information content (AvgIpc) is 3.14. The highest BCUT2D eigenvalue weighted by Gasteiger charge is 2.30. The lowest BCUT2D eigenvalue weighted by Gasteiger charge is -2.25. The Labute approximate surface area is 252 Å². The van der Waals surface area contributed by atoms with E-state index in [2.05, 4.69) is 31.7 Å². The molecule has 4 aromatic rings. The van der Waals surface area contributed by atoms with Gasteiger partial charge in [0.05, 0.1) is 17.1 Å². The minimum atomic E-state index is -4.08. The fourth-order valence-corrected chi connectivity index (χ4v) is 6.48. The first-order valence-corrected chi connectivity index (χ1v) is 15.0. The van der Waals surface area contributed by atoms with Crippen molar-refractivity contribution in [2.24, 2.45) is 0 Å². The number of anilines is 1. The Bertz CT molecular complexity index is 1700. The summed E-state index contributed by atoms with van der Waals surface area (Å²) in [6.45, 7) is 6.68. The van der Waals surface area contributed by atoms with Gasteiger partial charge in [-0.2, -0.15) is 4.98 Å². The molecule has 0 radical (unpaired) electrons. The van der Waals surface area contributed by atoms with Gasteiger partial charge in [0.15, 0.2) is 0 Å². The number of nitrogens with zero attached hydrogens (tertiary/aromatic N) is 4. The van der Waals surface area contributed by atoms with Crippen LogP contribution in [0.2, 0.25) is 0 Å². The first kappa shape index (κ1) is 29.5. The molecule has 0 spiro atoms. The number of aryl methyl sites for hydroxylation is 2. The van der Waals surface area contributed by atoms with Gasteiger partial charge in [0.25, 0.3) is 15.9 Å². The third kappa shape index (κ3) is 6.25.